The topological polar surface area (TPSA) is 92.8 Å². The molecule has 3 rings (SSSR count). The Morgan fingerprint density at radius 1 is 1.13 bits per heavy atom. The smallest absolute Gasteiger partial charge is 0.330 e. The van der Waals surface area contributed by atoms with Crippen molar-refractivity contribution in [3.8, 4) is 0 Å². The van der Waals surface area contributed by atoms with E-state index in [4.69, 9.17) is 16.3 Å². The van der Waals surface area contributed by atoms with E-state index in [9.17, 15) is 18.0 Å². The minimum atomic E-state index is -3.66. The van der Waals surface area contributed by atoms with Crippen LogP contribution in [0.5, 0.6) is 0 Å². The van der Waals surface area contributed by atoms with Crippen molar-refractivity contribution in [2.24, 2.45) is 0 Å². The van der Waals surface area contributed by atoms with Crippen LogP contribution >= 0.6 is 11.6 Å². The highest BCUT2D eigenvalue weighted by atomic mass is 35.5. The van der Waals surface area contributed by atoms with Gasteiger partial charge in [0.05, 0.1) is 22.1 Å². The van der Waals surface area contributed by atoms with E-state index in [2.05, 4.69) is 5.32 Å². The molecule has 164 valence electrons. The second-order valence-electron chi connectivity index (χ2n) is 6.91. The summed E-state index contributed by atoms with van der Waals surface area (Å²) in [5, 5.41) is 2.87. The SMILES string of the molecule is CCOC(=O)/C=C/c1ccc(NC(=O)c2cc(S(=O)(=O)N3CCCC3)ccc2Cl)cc1. The van der Waals surface area contributed by atoms with Gasteiger partial charge in [0.15, 0.2) is 0 Å². The van der Waals surface area contributed by atoms with Crippen LogP contribution < -0.4 is 5.32 Å². The summed E-state index contributed by atoms with van der Waals surface area (Å²) < 4.78 is 31.8. The Morgan fingerprint density at radius 3 is 2.45 bits per heavy atom. The van der Waals surface area contributed by atoms with Gasteiger partial charge in [0.2, 0.25) is 10.0 Å². The monoisotopic (exact) mass is 462 g/mol. The fourth-order valence-corrected chi connectivity index (χ4v) is 4.89. The Bertz CT molecular complexity index is 1090. The Morgan fingerprint density at radius 2 is 1.81 bits per heavy atom. The van der Waals surface area contributed by atoms with Crippen LogP contribution in [0.15, 0.2) is 53.4 Å². The van der Waals surface area contributed by atoms with Crippen LogP contribution in [0.1, 0.15) is 35.7 Å². The van der Waals surface area contributed by atoms with Gasteiger partial charge in [-0.2, -0.15) is 4.31 Å². The number of anilines is 1. The Kier molecular flexibility index (Phi) is 7.48. The number of ether oxygens (including phenoxy) is 1. The third-order valence-corrected chi connectivity index (χ3v) is 6.98. The van der Waals surface area contributed by atoms with Crippen LogP contribution in [0.3, 0.4) is 0 Å². The summed E-state index contributed by atoms with van der Waals surface area (Å²) in [6, 6.07) is 10.9. The second-order valence-corrected chi connectivity index (χ2v) is 9.26. The van der Waals surface area contributed by atoms with Crippen molar-refractivity contribution in [2.45, 2.75) is 24.7 Å². The number of nitrogens with one attached hydrogen (secondary N) is 1. The third kappa shape index (κ3) is 5.72. The summed E-state index contributed by atoms with van der Waals surface area (Å²) in [6.07, 6.45) is 4.58. The molecule has 0 spiro atoms. The molecule has 7 nitrogen and oxygen atoms in total. The lowest BCUT2D eigenvalue weighted by Crippen LogP contribution is -2.28. The minimum absolute atomic E-state index is 0.0448. The first-order valence-corrected chi connectivity index (χ1v) is 11.7. The van der Waals surface area contributed by atoms with Crippen molar-refractivity contribution in [1.82, 2.24) is 4.31 Å². The third-order valence-electron chi connectivity index (χ3n) is 4.75. The summed E-state index contributed by atoms with van der Waals surface area (Å²) >= 11 is 6.17. The fourth-order valence-electron chi connectivity index (χ4n) is 3.15. The summed E-state index contributed by atoms with van der Waals surface area (Å²) in [5.74, 6) is -0.948. The molecular weight excluding hydrogens is 440 g/mol. The first-order valence-electron chi connectivity index (χ1n) is 9.87. The fraction of sp³-hybridized carbons (Fsp3) is 0.273. The molecule has 31 heavy (non-hydrogen) atoms. The molecule has 1 fully saturated rings. The van der Waals surface area contributed by atoms with E-state index < -0.39 is 21.9 Å². The van der Waals surface area contributed by atoms with Gasteiger partial charge in [0, 0.05) is 24.9 Å². The summed E-state index contributed by atoms with van der Waals surface area (Å²) in [4.78, 5) is 24.1. The number of nitrogens with zero attached hydrogens (tertiary/aromatic N) is 1. The molecule has 0 atom stereocenters. The molecule has 0 unspecified atom stereocenters. The van der Waals surface area contributed by atoms with E-state index in [0.717, 1.165) is 18.4 Å². The molecular formula is C22H23ClN2O5S. The minimum Gasteiger partial charge on any atom is -0.463 e. The van der Waals surface area contributed by atoms with Gasteiger partial charge in [-0.25, -0.2) is 13.2 Å². The van der Waals surface area contributed by atoms with Crippen molar-refractivity contribution >= 4 is 45.3 Å². The maximum absolute atomic E-state index is 12.8. The Hall–Kier alpha value is -2.68. The molecule has 1 heterocycles. The molecule has 9 heteroatoms. The number of hydrogen-bond donors (Lipinski definition) is 1. The standard InChI is InChI=1S/C22H23ClN2O5S/c1-2-30-21(26)12-7-16-5-8-17(9-6-16)24-22(27)19-15-18(10-11-20(19)23)31(28,29)25-13-3-4-14-25/h5-12,15H,2-4,13-14H2,1H3,(H,24,27)/b12-7+. The van der Waals surface area contributed by atoms with E-state index in [-0.39, 0.29) is 15.5 Å². The summed E-state index contributed by atoms with van der Waals surface area (Å²) in [5.41, 5.74) is 1.33. The van der Waals surface area contributed by atoms with E-state index >= 15 is 0 Å². The summed E-state index contributed by atoms with van der Waals surface area (Å²) in [7, 11) is -3.66. The number of carbonyl (C=O) groups is 2. The lowest BCUT2D eigenvalue weighted by atomic mass is 10.1. The lowest BCUT2D eigenvalue weighted by Gasteiger charge is -2.16. The van der Waals surface area contributed by atoms with Crippen molar-refractivity contribution in [3.05, 3.63) is 64.7 Å². The number of rotatable bonds is 7. The molecule has 2 aromatic rings. The van der Waals surface area contributed by atoms with E-state index in [1.54, 1.807) is 37.3 Å². The molecule has 1 saturated heterocycles. The van der Waals surface area contributed by atoms with Crippen LogP contribution in [-0.2, 0) is 19.6 Å². The molecule has 0 aromatic heterocycles. The largest absolute Gasteiger partial charge is 0.463 e. The molecule has 1 amide bonds. The lowest BCUT2D eigenvalue weighted by molar-refractivity contribution is -0.137. The summed E-state index contributed by atoms with van der Waals surface area (Å²) in [6.45, 7) is 2.98. The van der Waals surface area contributed by atoms with Crippen molar-refractivity contribution < 1.29 is 22.7 Å². The number of hydrogen-bond acceptors (Lipinski definition) is 5. The highest BCUT2D eigenvalue weighted by Gasteiger charge is 2.28. The van der Waals surface area contributed by atoms with Crippen molar-refractivity contribution in [2.75, 3.05) is 25.0 Å². The Balaban J connectivity index is 1.74. The number of amides is 1. The predicted octanol–water partition coefficient (Wildman–Crippen LogP) is 3.95. The average molecular weight is 463 g/mol. The maximum Gasteiger partial charge on any atom is 0.330 e. The van der Waals surface area contributed by atoms with Crippen molar-refractivity contribution in [3.63, 3.8) is 0 Å². The zero-order valence-corrected chi connectivity index (χ0v) is 18.6. The van der Waals surface area contributed by atoms with Gasteiger partial charge in [-0.1, -0.05) is 23.7 Å². The number of esters is 1. The Labute approximate surface area is 186 Å². The van der Waals surface area contributed by atoms with Crippen molar-refractivity contribution in [1.29, 1.82) is 0 Å². The van der Waals surface area contributed by atoms with E-state index in [0.29, 0.717) is 25.4 Å². The highest BCUT2D eigenvalue weighted by Crippen LogP contribution is 2.26. The average Bonchev–Trinajstić information content (AvgIpc) is 3.29. The number of carbonyl (C=O) groups excluding carboxylic acids is 2. The molecule has 0 aliphatic carbocycles. The zero-order chi connectivity index (χ0) is 22.4. The van der Waals surface area contributed by atoms with Crippen LogP contribution in [0, 0.1) is 0 Å². The highest BCUT2D eigenvalue weighted by molar-refractivity contribution is 7.89. The molecule has 0 saturated carbocycles. The number of sulfonamides is 1. The quantitative estimate of drug-likeness (QED) is 0.496. The van der Waals surface area contributed by atoms with Gasteiger partial charge in [0.1, 0.15) is 0 Å². The van der Waals surface area contributed by atoms with Crippen LogP contribution in [0.4, 0.5) is 5.69 Å². The van der Waals surface area contributed by atoms with Crippen LogP contribution in [-0.4, -0.2) is 44.3 Å². The molecule has 1 N–H and O–H groups in total. The van der Waals surface area contributed by atoms with Gasteiger partial charge >= 0.3 is 5.97 Å². The zero-order valence-electron chi connectivity index (χ0n) is 17.0. The molecule has 0 radical (unpaired) electrons. The molecule has 0 bridgehead atoms. The molecule has 1 aliphatic heterocycles. The van der Waals surface area contributed by atoms with Gasteiger partial charge in [-0.15, -0.1) is 0 Å². The molecule has 2 aromatic carbocycles. The van der Waals surface area contributed by atoms with E-state index in [1.807, 2.05) is 0 Å². The first kappa shape index (κ1) is 23.0. The molecule has 1 aliphatic rings. The van der Waals surface area contributed by atoms with Gasteiger partial charge < -0.3 is 10.1 Å². The van der Waals surface area contributed by atoms with E-state index in [1.165, 1.54) is 28.6 Å². The number of benzene rings is 2. The van der Waals surface area contributed by atoms with Gasteiger partial charge in [0.25, 0.3) is 5.91 Å². The maximum atomic E-state index is 12.8. The predicted molar refractivity (Wildman–Crippen MR) is 120 cm³/mol. The number of halogens is 1. The van der Waals surface area contributed by atoms with Crippen LogP contribution in [0.25, 0.3) is 6.08 Å². The van der Waals surface area contributed by atoms with Gasteiger partial charge in [-0.3, -0.25) is 4.79 Å². The first-order chi connectivity index (χ1) is 14.8. The van der Waals surface area contributed by atoms with Crippen LogP contribution in [0.2, 0.25) is 5.02 Å². The second kappa shape index (κ2) is 10.1. The normalized spacial score (nSPS) is 14.6. The van der Waals surface area contributed by atoms with Gasteiger partial charge in [-0.05, 0) is 61.7 Å².